The van der Waals surface area contributed by atoms with Crippen molar-refractivity contribution in [2.24, 2.45) is 0 Å². The molecule has 8 heteroatoms. The molecule has 0 bridgehead atoms. The van der Waals surface area contributed by atoms with Gasteiger partial charge in [-0.15, -0.1) is 0 Å². The zero-order valence-corrected chi connectivity index (χ0v) is 25.7. The molecule has 1 saturated heterocycles. The van der Waals surface area contributed by atoms with Crippen molar-refractivity contribution in [3.63, 3.8) is 0 Å². The third-order valence-electron chi connectivity index (χ3n) is 8.41. The topological polar surface area (TPSA) is 62.3 Å². The molecule has 1 unspecified atom stereocenters. The predicted octanol–water partition coefficient (Wildman–Crippen LogP) is 6.31. The first kappa shape index (κ1) is 29.8. The van der Waals surface area contributed by atoms with Crippen molar-refractivity contribution in [3.05, 3.63) is 97.1 Å². The number of aromatic nitrogens is 2. The number of carbonyl (C=O) groups is 1. The molecule has 0 amide bonds. The van der Waals surface area contributed by atoms with Crippen LogP contribution in [0.3, 0.4) is 0 Å². The highest BCUT2D eigenvalue weighted by atomic mass is 16.8. The number of unbranched alkanes of at least 4 members (excludes halogenated alkanes) is 5. The monoisotopic (exact) mass is 594 g/mol. The molecule has 6 rings (SSSR count). The highest BCUT2D eigenvalue weighted by Crippen LogP contribution is 2.46. The Hall–Kier alpha value is -4.27. The number of pyridine rings is 2. The number of ether oxygens (including phenoxy) is 3. The van der Waals surface area contributed by atoms with Crippen molar-refractivity contribution in [1.82, 2.24) is 0 Å². The summed E-state index contributed by atoms with van der Waals surface area (Å²) in [4.78, 5) is 17.1. The third-order valence-corrected chi connectivity index (χ3v) is 8.41. The minimum Gasteiger partial charge on any atom is -0.462 e. The number of carbonyl (C=O) groups excluding carboxylic acids is 1. The lowest BCUT2D eigenvalue weighted by Gasteiger charge is -2.36. The van der Waals surface area contributed by atoms with E-state index in [9.17, 15) is 4.79 Å². The van der Waals surface area contributed by atoms with Gasteiger partial charge in [0, 0.05) is 44.8 Å². The molecule has 4 heterocycles. The van der Waals surface area contributed by atoms with E-state index < -0.39 is 0 Å². The van der Waals surface area contributed by atoms with Crippen LogP contribution in [-0.4, -0.2) is 39.6 Å². The number of aryl methyl sites for hydroxylation is 1. The van der Waals surface area contributed by atoms with Gasteiger partial charge in [-0.2, -0.15) is 4.57 Å². The van der Waals surface area contributed by atoms with Crippen LogP contribution >= 0.6 is 0 Å². The van der Waals surface area contributed by atoms with Gasteiger partial charge in [0.1, 0.15) is 13.2 Å². The highest BCUT2D eigenvalue weighted by Gasteiger charge is 2.25. The molecular formula is C36H42N4O4+2. The summed E-state index contributed by atoms with van der Waals surface area (Å²) < 4.78 is 20.5. The van der Waals surface area contributed by atoms with Crippen molar-refractivity contribution in [2.75, 3.05) is 37.1 Å². The van der Waals surface area contributed by atoms with Crippen LogP contribution in [0.15, 0.2) is 91.5 Å². The SMILES string of the molecule is CN1c2ccccc2N(C)c2cc(C(=O)OCCCCCCCC[n+]3ccc(-c4cc[n+](COC5CO5)cc4)cc3)ccc21. The molecule has 1 atom stereocenters. The van der Waals surface area contributed by atoms with Gasteiger partial charge in [-0.05, 0) is 54.3 Å². The van der Waals surface area contributed by atoms with Gasteiger partial charge in [0.05, 0.1) is 34.9 Å². The number of anilines is 4. The Kier molecular flexibility index (Phi) is 9.48. The number of esters is 1. The molecule has 2 aromatic heterocycles. The fourth-order valence-electron chi connectivity index (χ4n) is 5.68. The average molecular weight is 595 g/mol. The van der Waals surface area contributed by atoms with E-state index >= 15 is 0 Å². The first-order chi connectivity index (χ1) is 21.6. The maximum atomic E-state index is 12.8. The first-order valence-electron chi connectivity index (χ1n) is 15.7. The minimum absolute atomic E-state index is 0.0271. The van der Waals surface area contributed by atoms with Crippen LogP contribution in [-0.2, 0) is 27.5 Å². The summed E-state index contributed by atoms with van der Waals surface area (Å²) in [5.74, 6) is -0.254. The summed E-state index contributed by atoms with van der Waals surface area (Å²) in [6.45, 7) is 2.69. The summed E-state index contributed by atoms with van der Waals surface area (Å²) in [5.41, 5.74) is 7.34. The fraction of sp³-hybridized carbons (Fsp3) is 0.361. The molecule has 0 spiro atoms. The lowest BCUT2D eigenvalue weighted by atomic mass is 10.1. The van der Waals surface area contributed by atoms with E-state index in [0.29, 0.717) is 25.5 Å². The molecule has 1 fully saturated rings. The number of benzene rings is 2. The van der Waals surface area contributed by atoms with Gasteiger partial charge >= 0.3 is 5.97 Å². The van der Waals surface area contributed by atoms with Gasteiger partial charge in [0.15, 0.2) is 31.1 Å². The Morgan fingerprint density at radius 1 is 0.750 bits per heavy atom. The normalized spacial score (nSPS) is 15.1. The Morgan fingerprint density at radius 3 is 1.98 bits per heavy atom. The Labute approximate surface area is 260 Å². The van der Waals surface area contributed by atoms with Crippen LogP contribution in [0, 0.1) is 0 Å². The number of nitrogens with zero attached hydrogens (tertiary/aromatic N) is 4. The number of fused-ring (bicyclic) bond motifs is 2. The molecule has 0 N–H and O–H groups in total. The second-order valence-electron chi connectivity index (χ2n) is 11.6. The number of hydrogen-bond donors (Lipinski definition) is 0. The zero-order valence-electron chi connectivity index (χ0n) is 25.7. The van der Waals surface area contributed by atoms with Crippen molar-refractivity contribution < 1.29 is 28.1 Å². The minimum atomic E-state index is -0.254. The molecule has 2 aliphatic rings. The predicted molar refractivity (Wildman–Crippen MR) is 170 cm³/mol. The van der Waals surface area contributed by atoms with Crippen molar-refractivity contribution in [1.29, 1.82) is 0 Å². The van der Waals surface area contributed by atoms with E-state index in [1.165, 1.54) is 24.0 Å². The van der Waals surface area contributed by atoms with Gasteiger partial charge in [-0.3, -0.25) is 4.74 Å². The average Bonchev–Trinajstić information content (AvgIpc) is 3.90. The Bertz CT molecular complexity index is 1550. The molecule has 0 aliphatic carbocycles. The molecular weight excluding hydrogens is 552 g/mol. The zero-order chi connectivity index (χ0) is 30.3. The van der Waals surface area contributed by atoms with E-state index in [0.717, 1.165) is 55.0 Å². The van der Waals surface area contributed by atoms with Crippen molar-refractivity contribution in [3.8, 4) is 11.1 Å². The van der Waals surface area contributed by atoms with Crippen LogP contribution in [0.1, 0.15) is 48.9 Å². The number of rotatable bonds is 14. The lowest BCUT2D eigenvalue weighted by Crippen LogP contribution is -2.34. The van der Waals surface area contributed by atoms with E-state index in [1.54, 1.807) is 0 Å². The van der Waals surface area contributed by atoms with Crippen LogP contribution in [0.25, 0.3) is 11.1 Å². The van der Waals surface area contributed by atoms with E-state index in [-0.39, 0.29) is 12.3 Å². The van der Waals surface area contributed by atoms with Gasteiger partial charge in [0.2, 0.25) is 0 Å². The van der Waals surface area contributed by atoms with Crippen molar-refractivity contribution >= 4 is 28.7 Å². The molecule has 0 radical (unpaired) electrons. The highest BCUT2D eigenvalue weighted by molar-refractivity contribution is 5.97. The second-order valence-corrected chi connectivity index (χ2v) is 11.6. The maximum absolute atomic E-state index is 12.8. The van der Waals surface area contributed by atoms with Gasteiger partial charge < -0.3 is 19.3 Å². The molecule has 2 aliphatic heterocycles. The van der Waals surface area contributed by atoms with Gasteiger partial charge in [-0.25, -0.2) is 9.36 Å². The van der Waals surface area contributed by atoms with Crippen LogP contribution in [0.4, 0.5) is 22.7 Å². The number of para-hydroxylation sites is 2. The second kappa shape index (κ2) is 14.0. The summed E-state index contributed by atoms with van der Waals surface area (Å²) >= 11 is 0. The van der Waals surface area contributed by atoms with Crippen LogP contribution < -0.4 is 18.9 Å². The standard InChI is InChI=1S/C36H42N4O4/c1-37-31-11-7-8-12-32(31)38(2)34-25-30(13-14-33(34)37)36(41)42-24-10-6-4-3-5-9-19-39-20-15-28(16-21-39)29-17-22-40(23-18-29)27-44-35-26-43-35/h7-8,11-18,20-23,25,35H,3-6,9-10,19,24,26-27H2,1-2H3/q+2. The van der Waals surface area contributed by atoms with Gasteiger partial charge in [-0.1, -0.05) is 31.4 Å². The molecule has 2 aromatic carbocycles. The molecule has 228 valence electrons. The third kappa shape index (κ3) is 7.26. The van der Waals surface area contributed by atoms with Crippen molar-refractivity contribution in [2.45, 2.75) is 58.1 Å². The van der Waals surface area contributed by atoms with Crippen LogP contribution in [0.2, 0.25) is 0 Å². The molecule has 0 saturated carbocycles. The quantitative estimate of drug-likeness (QED) is 0.0739. The van der Waals surface area contributed by atoms with Crippen LogP contribution in [0.5, 0.6) is 0 Å². The molecule has 4 aromatic rings. The summed E-state index contributed by atoms with van der Waals surface area (Å²) in [6.07, 6.45) is 15.0. The summed E-state index contributed by atoms with van der Waals surface area (Å²) in [6, 6.07) is 22.7. The smallest absolute Gasteiger partial charge is 0.338 e. The molecule has 44 heavy (non-hydrogen) atoms. The van der Waals surface area contributed by atoms with E-state index in [4.69, 9.17) is 14.2 Å². The molecule has 8 nitrogen and oxygen atoms in total. The number of hydrogen-bond acceptors (Lipinski definition) is 6. The van der Waals surface area contributed by atoms with Gasteiger partial charge in [0.25, 0.3) is 6.73 Å². The van der Waals surface area contributed by atoms with E-state index in [1.807, 2.05) is 54.3 Å². The number of epoxide rings is 1. The fourth-order valence-corrected chi connectivity index (χ4v) is 5.68. The summed E-state index contributed by atoms with van der Waals surface area (Å²) in [7, 11) is 4.10. The van der Waals surface area contributed by atoms with E-state index in [2.05, 4.69) is 70.2 Å². The Balaban J connectivity index is 0.852. The lowest BCUT2D eigenvalue weighted by molar-refractivity contribution is -0.734. The maximum Gasteiger partial charge on any atom is 0.338 e. The largest absolute Gasteiger partial charge is 0.462 e. The summed E-state index contributed by atoms with van der Waals surface area (Å²) in [5, 5.41) is 0. The first-order valence-corrected chi connectivity index (χ1v) is 15.7. The Morgan fingerprint density at radius 2 is 1.32 bits per heavy atom.